The topological polar surface area (TPSA) is 298 Å². The molecule has 0 saturated carbocycles. The summed E-state index contributed by atoms with van der Waals surface area (Å²) in [6, 6.07) is 13.7. The average Bonchev–Trinajstić information content (AvgIpc) is 1.61. The second-order valence-electron chi connectivity index (χ2n) is 33.1. The van der Waals surface area contributed by atoms with Crippen molar-refractivity contribution in [3.8, 4) is 0 Å². The number of hydrogen-bond donors (Lipinski definition) is 5. The molecule has 24 nitrogen and oxygen atoms in total. The first-order chi connectivity index (χ1) is 51.5. The van der Waals surface area contributed by atoms with E-state index in [1.165, 1.54) is 21.3 Å². The number of benzene rings is 2. The molecule has 0 spiro atoms. The zero-order valence-corrected chi connectivity index (χ0v) is 71.2. The summed E-state index contributed by atoms with van der Waals surface area (Å²) in [5.41, 5.74) is 2.51. The van der Waals surface area contributed by atoms with Gasteiger partial charge in [-0.1, -0.05) is 195 Å². The Morgan fingerprint density at radius 1 is 0.518 bits per heavy atom. The molecule has 0 unspecified atom stereocenters. The zero-order valence-electron chi connectivity index (χ0n) is 71.2. The normalized spacial score (nSPS) is 19.1. The molecule has 24 heteroatoms. The van der Waals surface area contributed by atoms with E-state index in [-0.39, 0.29) is 134 Å². The van der Waals surface area contributed by atoms with Crippen LogP contribution in [0.25, 0.3) is 0 Å². The number of Topliss-reactive ketones (excluding diaryl/α,β-unsaturated/α-hetero) is 2. The highest BCUT2D eigenvalue weighted by Crippen LogP contribution is 2.35. The number of aliphatic carboxylic acids is 1. The monoisotopic (exact) mass is 1540 g/mol. The summed E-state index contributed by atoms with van der Waals surface area (Å²) in [6.07, 6.45) is 0.00321. The number of ketones is 2. The molecular weight excluding hydrogens is 1400 g/mol. The van der Waals surface area contributed by atoms with Crippen molar-refractivity contribution in [3.05, 3.63) is 96.1 Å². The molecule has 4 rings (SSSR count). The van der Waals surface area contributed by atoms with Crippen molar-refractivity contribution < 1.29 is 76.7 Å². The fourth-order valence-electron chi connectivity index (χ4n) is 15.7. The van der Waals surface area contributed by atoms with Crippen LogP contribution >= 0.6 is 0 Å². The molecule has 0 aromatic heterocycles. The van der Waals surface area contributed by atoms with Crippen molar-refractivity contribution >= 4 is 58.9 Å². The third kappa shape index (κ3) is 27.9. The van der Waals surface area contributed by atoms with Gasteiger partial charge < -0.3 is 69.7 Å². The van der Waals surface area contributed by atoms with Crippen molar-refractivity contribution in [3.63, 3.8) is 0 Å². The lowest BCUT2D eigenvalue weighted by Crippen LogP contribution is -2.55. The highest BCUT2D eigenvalue weighted by atomic mass is 16.6. The highest BCUT2D eigenvalue weighted by molar-refractivity contribution is 5.92. The van der Waals surface area contributed by atoms with Crippen LogP contribution < -0.4 is 21.3 Å². The fourth-order valence-corrected chi connectivity index (χ4v) is 15.7. The van der Waals surface area contributed by atoms with E-state index in [1.54, 1.807) is 102 Å². The summed E-state index contributed by atoms with van der Waals surface area (Å²) in [4.78, 5) is 143. The largest absolute Gasteiger partial charge is 0.480 e. The van der Waals surface area contributed by atoms with Gasteiger partial charge in [0.1, 0.15) is 17.7 Å². The van der Waals surface area contributed by atoms with Gasteiger partial charge in [-0.2, -0.15) is 0 Å². The number of methoxy groups -OCH3 is 4. The molecule has 2 saturated heterocycles. The Balaban J connectivity index is 0.000000572. The van der Waals surface area contributed by atoms with Crippen molar-refractivity contribution in [2.45, 2.75) is 260 Å². The first-order valence-corrected chi connectivity index (χ1v) is 39.7. The third-order valence-electron chi connectivity index (χ3n) is 22.4. The number of likely N-dealkylation sites (tertiary alicyclic amines) is 2. The molecule has 2 heterocycles. The third-order valence-corrected chi connectivity index (χ3v) is 22.4. The molecule has 2 aromatic rings. The van der Waals surface area contributed by atoms with E-state index in [0.717, 1.165) is 35.1 Å². The van der Waals surface area contributed by atoms with Gasteiger partial charge in [0.05, 0.1) is 85.3 Å². The molecule has 0 aliphatic carbocycles. The lowest BCUT2D eigenvalue weighted by molar-refractivity contribution is -0.159. The minimum absolute atomic E-state index is 0.000948. The zero-order chi connectivity index (χ0) is 83.5. The summed E-state index contributed by atoms with van der Waals surface area (Å²) >= 11 is 0. The number of nitrogens with zero attached hydrogens (tertiary/aromatic N) is 4. The summed E-state index contributed by atoms with van der Waals surface area (Å²) in [5.74, 6) is -6.11. The molecule has 18 atom stereocenters. The predicted octanol–water partition coefficient (Wildman–Crippen LogP) is 9.98. The van der Waals surface area contributed by atoms with Crippen LogP contribution in [0.5, 0.6) is 0 Å². The first kappa shape index (κ1) is 97.0. The maximum absolute atomic E-state index is 14.4. The van der Waals surface area contributed by atoms with E-state index >= 15 is 0 Å². The van der Waals surface area contributed by atoms with Crippen molar-refractivity contribution in [2.75, 3.05) is 69.7 Å². The van der Waals surface area contributed by atoms with Crippen molar-refractivity contribution in [2.24, 2.45) is 59.2 Å². The Bertz CT molecular complexity index is 3310. The molecule has 2 fully saturated rings. The van der Waals surface area contributed by atoms with E-state index in [4.69, 9.17) is 23.7 Å². The van der Waals surface area contributed by atoms with Gasteiger partial charge in [0, 0.05) is 93.1 Å². The second-order valence-corrected chi connectivity index (χ2v) is 33.1. The Hall–Kier alpha value is -7.22. The van der Waals surface area contributed by atoms with Gasteiger partial charge in [-0.3, -0.25) is 38.4 Å². The van der Waals surface area contributed by atoms with E-state index in [0.29, 0.717) is 12.8 Å². The van der Waals surface area contributed by atoms with Gasteiger partial charge in [-0.25, -0.2) is 9.59 Å². The maximum atomic E-state index is 14.4. The molecule has 2 aliphatic rings. The van der Waals surface area contributed by atoms with E-state index in [1.807, 2.05) is 132 Å². The minimum Gasteiger partial charge on any atom is -0.480 e. The average molecular weight is 1540 g/mol. The Labute approximate surface area is 658 Å². The second kappa shape index (κ2) is 46.1. The van der Waals surface area contributed by atoms with Gasteiger partial charge in [0.25, 0.3) is 0 Å². The minimum atomic E-state index is -1.15. The number of esters is 1. The van der Waals surface area contributed by atoms with Crippen LogP contribution in [0.4, 0.5) is 0 Å². The number of nitrogens with one attached hydrogen (secondary N) is 4. The summed E-state index contributed by atoms with van der Waals surface area (Å²) in [5, 5.41) is 21.7. The number of carboxylic acids is 1. The molecule has 0 bridgehead atoms. The summed E-state index contributed by atoms with van der Waals surface area (Å²) in [6.45, 7) is 41.5. The van der Waals surface area contributed by atoms with Gasteiger partial charge in [0.2, 0.25) is 35.4 Å². The number of carboxylic acid groups (broad SMARTS) is 1. The number of likely N-dealkylation sites (N-methyl/N-ethyl adjacent to an activating group) is 4. The summed E-state index contributed by atoms with van der Waals surface area (Å²) < 4.78 is 29.6. The fraction of sp³-hybridized carbons (Fsp3) is 0.698. The van der Waals surface area contributed by atoms with E-state index in [2.05, 4.69) is 34.4 Å². The van der Waals surface area contributed by atoms with Crippen molar-refractivity contribution in [1.82, 2.24) is 40.9 Å². The van der Waals surface area contributed by atoms with Crippen LogP contribution in [0.2, 0.25) is 0 Å². The number of rotatable bonds is 44. The molecule has 2 aliphatic heterocycles. The Morgan fingerprint density at radius 3 is 1.14 bits per heavy atom. The van der Waals surface area contributed by atoms with Crippen LogP contribution in [0.1, 0.15) is 180 Å². The predicted molar refractivity (Wildman–Crippen MR) is 430 cm³/mol. The van der Waals surface area contributed by atoms with Gasteiger partial charge in [-0.15, -0.1) is 0 Å². The molecule has 110 heavy (non-hydrogen) atoms. The number of hydrogen-bond acceptors (Lipinski definition) is 17. The van der Waals surface area contributed by atoms with Crippen LogP contribution in [0, 0.1) is 59.2 Å². The van der Waals surface area contributed by atoms with Crippen molar-refractivity contribution in [1.29, 1.82) is 0 Å². The van der Waals surface area contributed by atoms with Crippen LogP contribution in [-0.2, 0) is 84.5 Å². The number of amides is 6. The molecule has 0 radical (unpaired) electrons. The number of carbonyl (C=O) groups is 10. The standard InChI is InChI=1S/C45H74N4O8.C41H66N4O8/c1-16-30(7)40(48(13)43(53)33(27(2)3)24-36(50)39(46-12)28(4)5)37(55-14)25-38(51)49-26-29(6)22-35(49)41(56-15)31(8)42(52)47-34(44(54)57-45(9,10)11)23-32-20-18-17-19-21-32;1-13-27(7)37(44(10)40(49)30(24(2)3)21-33(46)36(42-9)25(4)5)34(52-11)22-35(47)45-23-26(6)19-32(45)38(53-12)28(8)39(48)43-31(41(50)51)20-29-17-15-14-16-18-29/h17-21,27-28,30-31,33-35,37,39-41,46H,6,16,22-26H2,1-5,7-15H3,(H,47,52);14-18,24-25,27-28,30-32,34,36-38,42H,6,13,19-23H2,1-5,7-12H3,(H,43,48)(H,50,51)/t30-,31+,33-,34-,35-,37+,39-,40-,41+;27-,28+,30-,31-,32-,34+,36-,37-,38+/m00/s1. The lowest BCUT2D eigenvalue weighted by Gasteiger charge is -2.41. The maximum Gasteiger partial charge on any atom is 0.329 e. The van der Waals surface area contributed by atoms with Crippen LogP contribution in [-0.4, -0.2) is 232 Å². The summed E-state index contributed by atoms with van der Waals surface area (Å²) in [7, 11) is 13.1. The Morgan fingerprint density at radius 2 is 0.855 bits per heavy atom. The lowest BCUT2D eigenvalue weighted by atomic mass is 9.84. The van der Waals surface area contributed by atoms with E-state index < -0.39 is 114 Å². The van der Waals surface area contributed by atoms with Crippen LogP contribution in [0.3, 0.4) is 0 Å². The molecule has 2 aromatic carbocycles. The van der Waals surface area contributed by atoms with Gasteiger partial charge >= 0.3 is 11.9 Å². The number of carbonyl (C=O) groups excluding carboxylic acids is 9. The SMILES string of the molecule is C=C1C[C@@H]([C@H](OC)[C@@H](C)C(=O)N[C@@H](Cc2ccccc2)C(=O)O)N(C(=O)C[C@@H](OC)[C@H]([C@@H](C)CC)N(C)C(=O)[C@@H](CC(=O)[C@@H](NC)C(C)C)C(C)C)C1.C=C1C[C@@H]([C@H](OC)[C@@H](C)C(=O)N[C@@H](Cc2ccccc2)C(=O)OC(C)(C)C)N(C(=O)C[C@@H](OC)[C@H]([C@@H](C)CC)N(C)C(=O)[C@@H](CC(=O)[C@@H](NC)C(C)C)C(C)C)C1. The molecule has 620 valence electrons. The Kier molecular flexibility index (Phi) is 40.6. The molecular formula is C86H140N8O16. The molecule has 5 N–H and O–H groups in total. The van der Waals surface area contributed by atoms with Gasteiger partial charge in [0.15, 0.2) is 11.6 Å². The van der Waals surface area contributed by atoms with Gasteiger partial charge in [-0.05, 0) is 94.3 Å². The first-order valence-electron chi connectivity index (χ1n) is 39.7. The number of ether oxygens (including phenoxy) is 5. The quantitative estimate of drug-likeness (QED) is 0.0304. The van der Waals surface area contributed by atoms with E-state index in [9.17, 15) is 53.1 Å². The van der Waals surface area contributed by atoms with Crippen LogP contribution in [0.15, 0.2) is 85.0 Å². The smallest absolute Gasteiger partial charge is 0.329 e. The highest BCUT2D eigenvalue weighted by Gasteiger charge is 2.47. The molecule has 6 amide bonds.